The molecule has 0 radical (unpaired) electrons. The van der Waals surface area contributed by atoms with Crippen molar-refractivity contribution in [2.24, 2.45) is 5.92 Å². The van der Waals surface area contributed by atoms with Gasteiger partial charge in [-0.05, 0) is 30.5 Å². The molecule has 0 unspecified atom stereocenters. The lowest BCUT2D eigenvalue weighted by Gasteiger charge is -2.15. The predicted octanol–water partition coefficient (Wildman–Crippen LogP) is 3.87. The molecular weight excluding hydrogens is 426 g/mol. The van der Waals surface area contributed by atoms with Gasteiger partial charge in [0.25, 0.3) is 5.56 Å². The average Bonchev–Trinajstić information content (AvgIpc) is 2.80. The van der Waals surface area contributed by atoms with Crippen LogP contribution in [0.3, 0.4) is 0 Å². The molecule has 32 heavy (non-hydrogen) atoms. The number of fused-ring (bicyclic) bond motifs is 1. The zero-order valence-corrected chi connectivity index (χ0v) is 19.7. The summed E-state index contributed by atoms with van der Waals surface area (Å²) in [5, 5.41) is 4.06. The van der Waals surface area contributed by atoms with Gasteiger partial charge in [-0.1, -0.05) is 49.9 Å². The van der Waals surface area contributed by atoms with Gasteiger partial charge in [0, 0.05) is 18.7 Å². The van der Waals surface area contributed by atoms with E-state index < -0.39 is 0 Å². The van der Waals surface area contributed by atoms with Crippen molar-refractivity contribution < 1.29 is 14.3 Å². The molecule has 0 aliphatic carbocycles. The maximum Gasteiger partial charge on any atom is 0.262 e. The van der Waals surface area contributed by atoms with Gasteiger partial charge in [-0.15, -0.1) is 0 Å². The number of para-hydroxylation sites is 2. The van der Waals surface area contributed by atoms with Crippen LogP contribution in [0.5, 0.6) is 11.5 Å². The van der Waals surface area contributed by atoms with Crippen LogP contribution in [-0.4, -0.2) is 35.4 Å². The number of ether oxygens (including phenoxy) is 2. The number of hydrogen-bond acceptors (Lipinski definition) is 6. The first-order valence-corrected chi connectivity index (χ1v) is 11.5. The number of nitrogens with one attached hydrogen (secondary N) is 1. The van der Waals surface area contributed by atoms with Gasteiger partial charge in [0.05, 0.1) is 30.9 Å². The van der Waals surface area contributed by atoms with Crippen molar-refractivity contribution in [2.45, 2.75) is 38.5 Å². The summed E-state index contributed by atoms with van der Waals surface area (Å²) in [4.78, 5) is 30.2. The first-order chi connectivity index (χ1) is 15.4. The molecule has 1 heterocycles. The summed E-state index contributed by atoms with van der Waals surface area (Å²) in [6, 6.07) is 12.8. The molecule has 2 aromatic carbocycles. The molecule has 7 nitrogen and oxygen atoms in total. The minimum atomic E-state index is -0.155. The van der Waals surface area contributed by atoms with Gasteiger partial charge in [0.2, 0.25) is 5.91 Å². The second-order valence-electron chi connectivity index (χ2n) is 7.77. The third kappa shape index (κ3) is 5.62. The second-order valence-corrected chi connectivity index (χ2v) is 8.71. The smallest absolute Gasteiger partial charge is 0.262 e. The average molecular weight is 456 g/mol. The maximum atomic E-state index is 13.0. The molecule has 3 aromatic rings. The van der Waals surface area contributed by atoms with Crippen LogP contribution in [0.25, 0.3) is 10.9 Å². The van der Waals surface area contributed by atoms with Crippen LogP contribution >= 0.6 is 11.8 Å². The number of aromatic nitrogens is 2. The number of hydrogen-bond donors (Lipinski definition) is 1. The fourth-order valence-electron chi connectivity index (χ4n) is 3.31. The van der Waals surface area contributed by atoms with Gasteiger partial charge in [0.15, 0.2) is 16.7 Å². The van der Waals surface area contributed by atoms with E-state index in [0.717, 1.165) is 12.0 Å². The van der Waals surface area contributed by atoms with Gasteiger partial charge >= 0.3 is 0 Å². The first-order valence-electron chi connectivity index (χ1n) is 10.5. The van der Waals surface area contributed by atoms with E-state index in [1.54, 1.807) is 24.9 Å². The molecular formula is C24H29N3O4S. The number of carbonyl (C=O) groups excluding carboxylic acids is 1. The summed E-state index contributed by atoms with van der Waals surface area (Å²) in [5.74, 6) is 1.66. The molecule has 0 atom stereocenters. The van der Waals surface area contributed by atoms with E-state index in [2.05, 4.69) is 24.1 Å². The molecule has 170 valence electrons. The van der Waals surface area contributed by atoms with Crippen LogP contribution in [0.1, 0.15) is 25.8 Å². The van der Waals surface area contributed by atoms with Crippen molar-refractivity contribution in [3.63, 3.8) is 0 Å². The highest BCUT2D eigenvalue weighted by molar-refractivity contribution is 7.99. The number of amides is 1. The molecule has 0 bridgehead atoms. The summed E-state index contributed by atoms with van der Waals surface area (Å²) >= 11 is 1.27. The van der Waals surface area contributed by atoms with Crippen molar-refractivity contribution >= 4 is 28.6 Å². The van der Waals surface area contributed by atoms with Crippen LogP contribution in [0.4, 0.5) is 0 Å². The Morgan fingerprint density at radius 3 is 2.62 bits per heavy atom. The van der Waals surface area contributed by atoms with E-state index in [1.165, 1.54) is 11.8 Å². The molecule has 0 aliphatic heterocycles. The van der Waals surface area contributed by atoms with Crippen LogP contribution in [0.2, 0.25) is 0 Å². The highest BCUT2D eigenvalue weighted by Gasteiger charge is 2.15. The molecule has 1 aromatic heterocycles. The monoisotopic (exact) mass is 455 g/mol. The largest absolute Gasteiger partial charge is 0.493 e. The van der Waals surface area contributed by atoms with E-state index in [0.29, 0.717) is 46.6 Å². The predicted molar refractivity (Wildman–Crippen MR) is 128 cm³/mol. The van der Waals surface area contributed by atoms with Crippen molar-refractivity contribution in [1.29, 1.82) is 0 Å². The van der Waals surface area contributed by atoms with Gasteiger partial charge in [-0.25, -0.2) is 4.98 Å². The number of rotatable bonds is 10. The first kappa shape index (κ1) is 23.7. The number of thioether (sulfide) groups is 1. The van der Waals surface area contributed by atoms with Gasteiger partial charge in [-0.3, -0.25) is 14.2 Å². The van der Waals surface area contributed by atoms with Crippen molar-refractivity contribution in [3.8, 4) is 11.5 Å². The van der Waals surface area contributed by atoms with Gasteiger partial charge < -0.3 is 14.8 Å². The molecule has 3 rings (SSSR count). The van der Waals surface area contributed by atoms with E-state index in [-0.39, 0.29) is 17.2 Å². The third-order valence-corrected chi connectivity index (χ3v) is 6.03. The Balaban J connectivity index is 1.73. The van der Waals surface area contributed by atoms with Crippen LogP contribution in [0.15, 0.2) is 52.4 Å². The molecule has 1 amide bonds. The lowest BCUT2D eigenvalue weighted by atomic mass is 10.1. The zero-order valence-electron chi connectivity index (χ0n) is 18.9. The fraction of sp³-hybridized carbons (Fsp3) is 0.375. The van der Waals surface area contributed by atoms with Gasteiger partial charge in [-0.2, -0.15) is 0 Å². The molecule has 1 N–H and O–H groups in total. The molecule has 0 fully saturated rings. The lowest BCUT2D eigenvalue weighted by Crippen LogP contribution is -2.27. The summed E-state index contributed by atoms with van der Waals surface area (Å²) in [5.41, 5.74) is 1.39. The highest BCUT2D eigenvalue weighted by atomic mass is 32.2. The van der Waals surface area contributed by atoms with E-state index in [9.17, 15) is 9.59 Å². The van der Waals surface area contributed by atoms with Crippen molar-refractivity contribution in [2.75, 3.05) is 20.0 Å². The van der Waals surface area contributed by atoms with Crippen LogP contribution < -0.4 is 20.3 Å². The SMILES string of the molecule is COc1cccc(CNC(=O)CSc2nc3ccccc3c(=O)n2CCC(C)C)c1OC. The third-order valence-electron chi connectivity index (χ3n) is 5.05. The minimum Gasteiger partial charge on any atom is -0.493 e. The summed E-state index contributed by atoms with van der Waals surface area (Å²) in [6.45, 7) is 5.11. The Morgan fingerprint density at radius 1 is 1.12 bits per heavy atom. The summed E-state index contributed by atoms with van der Waals surface area (Å²) in [6.07, 6.45) is 0.856. The van der Waals surface area contributed by atoms with Crippen molar-refractivity contribution in [3.05, 3.63) is 58.4 Å². The highest BCUT2D eigenvalue weighted by Crippen LogP contribution is 2.30. The topological polar surface area (TPSA) is 82.5 Å². The zero-order chi connectivity index (χ0) is 23.1. The standard InChI is InChI=1S/C24H29N3O4S/c1-16(2)12-13-27-23(29)18-9-5-6-10-19(18)26-24(27)32-15-21(28)25-14-17-8-7-11-20(30-3)22(17)31-4/h5-11,16H,12-15H2,1-4H3,(H,25,28). The lowest BCUT2D eigenvalue weighted by molar-refractivity contribution is -0.118. The summed E-state index contributed by atoms with van der Waals surface area (Å²) < 4.78 is 12.4. The van der Waals surface area contributed by atoms with Crippen molar-refractivity contribution in [1.82, 2.24) is 14.9 Å². The minimum absolute atomic E-state index is 0.0692. The Labute approximate surface area is 192 Å². The van der Waals surface area contributed by atoms with E-state index in [1.807, 2.05) is 36.4 Å². The Kier molecular flexibility index (Phi) is 8.16. The Hall–Kier alpha value is -3.00. The quantitative estimate of drug-likeness (QED) is 0.369. The second kappa shape index (κ2) is 11.0. The Bertz CT molecular complexity index is 1140. The molecule has 0 aliphatic rings. The normalized spacial score (nSPS) is 11.0. The van der Waals surface area contributed by atoms with Crippen LogP contribution in [0, 0.1) is 5.92 Å². The number of methoxy groups -OCH3 is 2. The summed E-state index contributed by atoms with van der Waals surface area (Å²) in [7, 11) is 3.15. The molecule has 0 saturated heterocycles. The number of nitrogens with zero attached hydrogens (tertiary/aromatic N) is 2. The van der Waals surface area contributed by atoms with E-state index in [4.69, 9.17) is 9.47 Å². The number of carbonyl (C=O) groups is 1. The van der Waals surface area contributed by atoms with Crippen LogP contribution in [-0.2, 0) is 17.9 Å². The molecule has 0 saturated carbocycles. The molecule has 0 spiro atoms. The maximum absolute atomic E-state index is 13.0. The fourth-order valence-corrected chi connectivity index (χ4v) is 4.17. The molecule has 8 heteroatoms. The van der Waals surface area contributed by atoms with E-state index >= 15 is 0 Å². The van der Waals surface area contributed by atoms with Gasteiger partial charge in [0.1, 0.15) is 0 Å². The number of benzene rings is 2. The Morgan fingerprint density at radius 2 is 1.91 bits per heavy atom.